The highest BCUT2D eigenvalue weighted by Gasteiger charge is 2.20. The molecule has 2 aromatic carbocycles. The Bertz CT molecular complexity index is 796. The summed E-state index contributed by atoms with van der Waals surface area (Å²) in [4.78, 5) is 23.1. The van der Waals surface area contributed by atoms with Gasteiger partial charge in [-0.05, 0) is 50.8 Å². The lowest BCUT2D eigenvalue weighted by Crippen LogP contribution is -2.21. The highest BCUT2D eigenvalue weighted by Crippen LogP contribution is 2.33. The van der Waals surface area contributed by atoms with E-state index in [2.05, 4.69) is 5.32 Å². The number of nitrogens with one attached hydrogen (secondary N) is 1. The zero-order valence-electron chi connectivity index (χ0n) is 14.7. The third kappa shape index (κ3) is 4.39. The number of nitro benzene ring substituents is 1. The van der Waals surface area contributed by atoms with Gasteiger partial charge in [0.25, 0.3) is 11.6 Å². The summed E-state index contributed by atoms with van der Waals surface area (Å²) in [6, 6.07) is 11.5. The normalized spacial score (nSPS) is 14.7. The highest BCUT2D eigenvalue weighted by atomic mass is 16.6. The number of amides is 1. The van der Waals surface area contributed by atoms with Crippen molar-refractivity contribution in [2.45, 2.75) is 45.1 Å². The molecule has 136 valence electrons. The number of non-ortho nitro benzene ring substituents is 1. The van der Waals surface area contributed by atoms with Gasteiger partial charge in [-0.2, -0.15) is 0 Å². The number of carbonyl (C=O) groups excluding carboxylic acids is 1. The van der Waals surface area contributed by atoms with E-state index in [-0.39, 0.29) is 17.7 Å². The summed E-state index contributed by atoms with van der Waals surface area (Å²) in [7, 11) is 0. The number of hydrogen-bond acceptors (Lipinski definition) is 4. The van der Waals surface area contributed by atoms with Gasteiger partial charge in [-0.15, -0.1) is 0 Å². The molecule has 0 aromatic heterocycles. The van der Waals surface area contributed by atoms with E-state index < -0.39 is 4.92 Å². The molecule has 3 rings (SSSR count). The maximum absolute atomic E-state index is 12.5. The van der Waals surface area contributed by atoms with Crippen molar-refractivity contribution in [2.24, 2.45) is 0 Å². The lowest BCUT2D eigenvalue weighted by atomic mass is 9.98. The van der Waals surface area contributed by atoms with Gasteiger partial charge in [0, 0.05) is 11.6 Å². The minimum absolute atomic E-state index is 0.0285. The van der Waals surface area contributed by atoms with Crippen molar-refractivity contribution in [1.29, 1.82) is 0 Å². The van der Waals surface area contributed by atoms with Gasteiger partial charge in [0.15, 0.2) is 0 Å². The van der Waals surface area contributed by atoms with Crippen LogP contribution in [0.2, 0.25) is 0 Å². The monoisotopic (exact) mass is 354 g/mol. The fourth-order valence-electron chi connectivity index (χ4n) is 3.09. The standard InChI is InChI=1S/C20H22N2O4/c1-14-7-9-15(10-8-14)20(23)21-18-12-11-16(22(24)25)13-19(18)26-17-5-3-2-4-6-17/h7-13,17H,2-6H2,1H3,(H,21,23). The van der Waals surface area contributed by atoms with Gasteiger partial charge in [-0.3, -0.25) is 14.9 Å². The first-order valence-corrected chi connectivity index (χ1v) is 8.86. The first-order chi connectivity index (χ1) is 12.5. The molecular weight excluding hydrogens is 332 g/mol. The fraction of sp³-hybridized carbons (Fsp3) is 0.350. The lowest BCUT2D eigenvalue weighted by molar-refractivity contribution is -0.384. The maximum atomic E-state index is 12.5. The largest absolute Gasteiger partial charge is 0.488 e. The predicted octanol–water partition coefficient (Wildman–Crippen LogP) is 4.87. The number of nitrogens with zero attached hydrogens (tertiary/aromatic N) is 1. The molecule has 26 heavy (non-hydrogen) atoms. The van der Waals surface area contributed by atoms with E-state index in [0.29, 0.717) is 17.0 Å². The summed E-state index contributed by atoms with van der Waals surface area (Å²) in [5, 5.41) is 13.9. The van der Waals surface area contributed by atoms with Crippen LogP contribution in [0.25, 0.3) is 0 Å². The lowest BCUT2D eigenvalue weighted by Gasteiger charge is -2.24. The number of hydrogen-bond donors (Lipinski definition) is 1. The van der Waals surface area contributed by atoms with Crippen LogP contribution >= 0.6 is 0 Å². The minimum Gasteiger partial charge on any atom is -0.488 e. The Kier molecular flexibility index (Phi) is 5.51. The molecule has 0 bridgehead atoms. The molecular formula is C20H22N2O4. The summed E-state index contributed by atoms with van der Waals surface area (Å²) in [6.07, 6.45) is 5.24. The van der Waals surface area contributed by atoms with Gasteiger partial charge in [0.05, 0.1) is 22.8 Å². The number of ether oxygens (including phenoxy) is 1. The Hall–Kier alpha value is -2.89. The van der Waals surface area contributed by atoms with Crippen molar-refractivity contribution in [3.63, 3.8) is 0 Å². The maximum Gasteiger partial charge on any atom is 0.273 e. The first kappa shape index (κ1) is 17.9. The van der Waals surface area contributed by atoms with Crippen molar-refractivity contribution >= 4 is 17.3 Å². The molecule has 1 fully saturated rings. The first-order valence-electron chi connectivity index (χ1n) is 8.86. The van der Waals surface area contributed by atoms with Gasteiger partial charge in [0.1, 0.15) is 5.75 Å². The summed E-state index contributed by atoms with van der Waals surface area (Å²) < 4.78 is 6.01. The second-order valence-corrected chi connectivity index (χ2v) is 6.64. The fourth-order valence-corrected chi connectivity index (χ4v) is 3.09. The summed E-state index contributed by atoms with van der Waals surface area (Å²) in [5.74, 6) is 0.0823. The average molecular weight is 354 g/mol. The predicted molar refractivity (Wildman–Crippen MR) is 99.7 cm³/mol. The molecule has 1 aliphatic carbocycles. The number of rotatable bonds is 5. The Morgan fingerprint density at radius 2 is 1.81 bits per heavy atom. The molecule has 0 unspecified atom stereocenters. The van der Waals surface area contributed by atoms with Crippen LogP contribution in [-0.4, -0.2) is 16.9 Å². The van der Waals surface area contributed by atoms with Crippen LogP contribution in [0.5, 0.6) is 5.75 Å². The summed E-state index contributed by atoms with van der Waals surface area (Å²) in [6.45, 7) is 1.95. The van der Waals surface area contributed by atoms with Crippen LogP contribution in [0.1, 0.15) is 48.0 Å². The van der Waals surface area contributed by atoms with Crippen molar-refractivity contribution in [1.82, 2.24) is 0 Å². The molecule has 0 radical (unpaired) electrons. The van der Waals surface area contributed by atoms with Crippen LogP contribution < -0.4 is 10.1 Å². The number of carbonyl (C=O) groups is 1. The zero-order valence-corrected chi connectivity index (χ0v) is 14.7. The second kappa shape index (κ2) is 7.99. The van der Waals surface area contributed by atoms with E-state index in [1.54, 1.807) is 12.1 Å². The molecule has 6 heteroatoms. The van der Waals surface area contributed by atoms with Gasteiger partial charge in [-0.1, -0.05) is 24.1 Å². The van der Waals surface area contributed by atoms with Crippen LogP contribution in [0.3, 0.4) is 0 Å². The Balaban J connectivity index is 1.83. The third-order valence-corrected chi connectivity index (χ3v) is 4.58. The molecule has 1 amide bonds. The van der Waals surface area contributed by atoms with Crippen molar-refractivity contribution < 1.29 is 14.5 Å². The second-order valence-electron chi connectivity index (χ2n) is 6.64. The van der Waals surface area contributed by atoms with Crippen LogP contribution in [-0.2, 0) is 0 Å². The van der Waals surface area contributed by atoms with Gasteiger partial charge in [0.2, 0.25) is 0 Å². The minimum atomic E-state index is -0.459. The summed E-state index contributed by atoms with van der Waals surface area (Å²) >= 11 is 0. The highest BCUT2D eigenvalue weighted by molar-refractivity contribution is 6.05. The molecule has 1 N–H and O–H groups in total. The molecule has 0 atom stereocenters. The van der Waals surface area contributed by atoms with E-state index in [1.807, 2.05) is 19.1 Å². The molecule has 1 aliphatic rings. The third-order valence-electron chi connectivity index (χ3n) is 4.58. The van der Waals surface area contributed by atoms with Crippen molar-refractivity contribution in [3.8, 4) is 5.75 Å². The number of nitro groups is 1. The molecule has 0 saturated heterocycles. The van der Waals surface area contributed by atoms with Crippen LogP contribution in [0.4, 0.5) is 11.4 Å². The van der Waals surface area contributed by atoms with Crippen LogP contribution in [0, 0.1) is 17.0 Å². The van der Waals surface area contributed by atoms with E-state index in [1.165, 1.54) is 24.6 Å². The molecule has 1 saturated carbocycles. The Morgan fingerprint density at radius 3 is 2.46 bits per heavy atom. The topological polar surface area (TPSA) is 81.5 Å². The van der Waals surface area contributed by atoms with E-state index in [0.717, 1.165) is 31.2 Å². The van der Waals surface area contributed by atoms with E-state index in [9.17, 15) is 14.9 Å². The van der Waals surface area contributed by atoms with Gasteiger partial charge >= 0.3 is 0 Å². The molecule has 0 spiro atoms. The number of aryl methyl sites for hydroxylation is 1. The number of anilines is 1. The van der Waals surface area contributed by atoms with E-state index >= 15 is 0 Å². The Morgan fingerprint density at radius 1 is 1.12 bits per heavy atom. The molecule has 6 nitrogen and oxygen atoms in total. The van der Waals surface area contributed by atoms with Gasteiger partial charge < -0.3 is 10.1 Å². The van der Waals surface area contributed by atoms with Crippen molar-refractivity contribution in [2.75, 3.05) is 5.32 Å². The average Bonchev–Trinajstić information content (AvgIpc) is 2.64. The summed E-state index contributed by atoms with van der Waals surface area (Å²) in [5.41, 5.74) is 1.99. The van der Waals surface area contributed by atoms with Gasteiger partial charge in [-0.25, -0.2) is 0 Å². The zero-order chi connectivity index (χ0) is 18.5. The van der Waals surface area contributed by atoms with Crippen LogP contribution in [0.15, 0.2) is 42.5 Å². The molecule has 0 heterocycles. The smallest absolute Gasteiger partial charge is 0.273 e. The quantitative estimate of drug-likeness (QED) is 0.613. The molecule has 2 aromatic rings. The molecule has 0 aliphatic heterocycles. The SMILES string of the molecule is Cc1ccc(C(=O)Nc2ccc([N+](=O)[O-])cc2OC2CCCCC2)cc1. The van der Waals surface area contributed by atoms with E-state index in [4.69, 9.17) is 4.74 Å². The van der Waals surface area contributed by atoms with Crippen molar-refractivity contribution in [3.05, 3.63) is 63.7 Å². The Labute approximate surface area is 152 Å². The number of benzene rings is 2.